The van der Waals surface area contributed by atoms with Gasteiger partial charge in [-0.3, -0.25) is 0 Å². The summed E-state index contributed by atoms with van der Waals surface area (Å²) in [6, 6.07) is 15.8. The molecule has 100 valence electrons. The average molecular weight is 293 g/mol. The molecule has 0 radical (unpaired) electrons. The molecule has 0 bridgehead atoms. The fourth-order valence-corrected chi connectivity index (χ4v) is 2.99. The van der Waals surface area contributed by atoms with E-state index in [0.29, 0.717) is 5.75 Å². The summed E-state index contributed by atoms with van der Waals surface area (Å²) in [7, 11) is 0. The van der Waals surface area contributed by atoms with Crippen molar-refractivity contribution >= 4 is 23.4 Å². The average Bonchev–Trinajstić information content (AvgIpc) is 2.45. The van der Waals surface area contributed by atoms with Gasteiger partial charge >= 0.3 is 0 Å². The number of halogens is 1. The largest absolute Gasteiger partial charge is 0.388 e. The predicted octanol–water partition coefficient (Wildman–Crippen LogP) is 4.73. The Bertz CT molecular complexity index is 525. The SMILES string of the molecule is CCc1ccc(C(O)CSc2cccc(Cl)c2)cc1. The van der Waals surface area contributed by atoms with Gasteiger partial charge in [-0.25, -0.2) is 0 Å². The first-order valence-corrected chi connectivity index (χ1v) is 7.70. The van der Waals surface area contributed by atoms with Crippen LogP contribution in [0, 0.1) is 0 Å². The van der Waals surface area contributed by atoms with Gasteiger partial charge in [-0.2, -0.15) is 0 Å². The second-order valence-corrected chi connectivity index (χ2v) is 5.91. The molecule has 0 spiro atoms. The van der Waals surface area contributed by atoms with Crippen molar-refractivity contribution in [2.75, 3.05) is 5.75 Å². The highest BCUT2D eigenvalue weighted by Gasteiger charge is 2.08. The molecule has 2 rings (SSSR count). The van der Waals surface area contributed by atoms with E-state index >= 15 is 0 Å². The van der Waals surface area contributed by atoms with E-state index in [4.69, 9.17) is 11.6 Å². The molecule has 0 amide bonds. The molecule has 1 atom stereocenters. The lowest BCUT2D eigenvalue weighted by Gasteiger charge is -2.11. The molecule has 1 unspecified atom stereocenters. The summed E-state index contributed by atoms with van der Waals surface area (Å²) in [5, 5.41) is 10.9. The van der Waals surface area contributed by atoms with E-state index in [1.54, 1.807) is 11.8 Å². The maximum absolute atomic E-state index is 10.2. The van der Waals surface area contributed by atoms with Gasteiger partial charge in [-0.15, -0.1) is 11.8 Å². The zero-order valence-electron chi connectivity index (χ0n) is 10.8. The van der Waals surface area contributed by atoms with Crippen LogP contribution in [0.3, 0.4) is 0 Å². The van der Waals surface area contributed by atoms with Gasteiger partial charge < -0.3 is 5.11 Å². The lowest BCUT2D eigenvalue weighted by Crippen LogP contribution is -2.00. The summed E-state index contributed by atoms with van der Waals surface area (Å²) >= 11 is 7.55. The van der Waals surface area contributed by atoms with Crippen molar-refractivity contribution < 1.29 is 5.11 Å². The van der Waals surface area contributed by atoms with Gasteiger partial charge in [0, 0.05) is 15.7 Å². The molecule has 2 aromatic rings. The quantitative estimate of drug-likeness (QED) is 0.804. The van der Waals surface area contributed by atoms with Crippen molar-refractivity contribution in [1.29, 1.82) is 0 Å². The Kier molecular flexibility index (Phi) is 5.32. The highest BCUT2D eigenvalue weighted by molar-refractivity contribution is 7.99. The van der Waals surface area contributed by atoms with E-state index in [2.05, 4.69) is 19.1 Å². The van der Waals surface area contributed by atoms with Gasteiger partial charge in [0.25, 0.3) is 0 Å². The molecule has 1 nitrogen and oxygen atoms in total. The second-order valence-electron chi connectivity index (χ2n) is 4.38. The van der Waals surface area contributed by atoms with Gasteiger partial charge in [-0.05, 0) is 35.7 Å². The van der Waals surface area contributed by atoms with Crippen molar-refractivity contribution in [3.63, 3.8) is 0 Å². The molecule has 3 heteroatoms. The Morgan fingerprint density at radius 2 is 1.89 bits per heavy atom. The van der Waals surface area contributed by atoms with Crippen LogP contribution in [0.4, 0.5) is 0 Å². The first kappa shape index (κ1) is 14.4. The molecule has 0 heterocycles. The Balaban J connectivity index is 1.95. The smallest absolute Gasteiger partial charge is 0.0883 e. The first-order chi connectivity index (χ1) is 9.19. The van der Waals surface area contributed by atoms with Crippen LogP contribution in [0.25, 0.3) is 0 Å². The van der Waals surface area contributed by atoms with Crippen molar-refractivity contribution in [3.8, 4) is 0 Å². The Labute approximate surface area is 123 Å². The van der Waals surface area contributed by atoms with Gasteiger partial charge in [0.1, 0.15) is 0 Å². The number of hydrogen-bond donors (Lipinski definition) is 1. The van der Waals surface area contributed by atoms with E-state index in [1.807, 2.05) is 36.4 Å². The van der Waals surface area contributed by atoms with Crippen LogP contribution >= 0.6 is 23.4 Å². The number of rotatable bonds is 5. The van der Waals surface area contributed by atoms with Gasteiger partial charge in [0.05, 0.1) is 6.10 Å². The number of aliphatic hydroxyl groups excluding tert-OH is 1. The maximum atomic E-state index is 10.2. The van der Waals surface area contributed by atoms with Crippen molar-refractivity contribution in [2.45, 2.75) is 24.3 Å². The zero-order chi connectivity index (χ0) is 13.7. The summed E-state index contributed by atoms with van der Waals surface area (Å²) in [6.45, 7) is 2.13. The molecule has 0 saturated carbocycles. The molecule has 0 aromatic heterocycles. The van der Waals surface area contributed by atoms with Crippen LogP contribution in [0.1, 0.15) is 24.2 Å². The lowest BCUT2D eigenvalue weighted by molar-refractivity contribution is 0.204. The molecular formula is C16H17ClOS. The third-order valence-electron chi connectivity index (χ3n) is 2.98. The number of aryl methyl sites for hydroxylation is 1. The molecule has 0 saturated heterocycles. The van der Waals surface area contributed by atoms with Crippen LogP contribution in [0.2, 0.25) is 5.02 Å². The Hall–Kier alpha value is -0.960. The standard InChI is InChI=1S/C16H17ClOS/c1-2-12-6-8-13(9-7-12)16(18)11-19-15-5-3-4-14(17)10-15/h3-10,16,18H,2,11H2,1H3. The molecule has 0 aliphatic carbocycles. The Morgan fingerprint density at radius 1 is 1.16 bits per heavy atom. The van der Waals surface area contributed by atoms with E-state index in [9.17, 15) is 5.11 Å². The number of thioether (sulfide) groups is 1. The number of hydrogen-bond acceptors (Lipinski definition) is 2. The summed E-state index contributed by atoms with van der Waals surface area (Å²) in [6.07, 6.45) is 0.572. The molecule has 2 aromatic carbocycles. The maximum Gasteiger partial charge on any atom is 0.0883 e. The summed E-state index contributed by atoms with van der Waals surface area (Å²) < 4.78 is 0. The third kappa shape index (κ3) is 4.27. The highest BCUT2D eigenvalue weighted by Crippen LogP contribution is 2.26. The van der Waals surface area contributed by atoms with Crippen molar-refractivity contribution in [1.82, 2.24) is 0 Å². The van der Waals surface area contributed by atoms with Crippen LogP contribution in [0.5, 0.6) is 0 Å². The molecule has 0 fully saturated rings. The topological polar surface area (TPSA) is 20.2 Å². The summed E-state index contributed by atoms with van der Waals surface area (Å²) in [5.41, 5.74) is 2.25. The fraction of sp³-hybridized carbons (Fsp3) is 0.250. The highest BCUT2D eigenvalue weighted by atomic mass is 35.5. The molecule has 0 aliphatic heterocycles. The van der Waals surface area contributed by atoms with Crippen molar-refractivity contribution in [2.24, 2.45) is 0 Å². The van der Waals surface area contributed by atoms with Gasteiger partial charge in [0.15, 0.2) is 0 Å². The predicted molar refractivity (Wildman–Crippen MR) is 83.0 cm³/mol. The van der Waals surface area contributed by atoms with Crippen LogP contribution in [-0.4, -0.2) is 10.9 Å². The molecule has 1 N–H and O–H groups in total. The minimum atomic E-state index is -0.449. The number of aliphatic hydroxyl groups is 1. The van der Waals surface area contributed by atoms with Crippen LogP contribution in [0.15, 0.2) is 53.4 Å². The van der Waals surface area contributed by atoms with Gasteiger partial charge in [-0.1, -0.05) is 48.9 Å². The fourth-order valence-electron chi connectivity index (χ4n) is 1.80. The minimum absolute atomic E-state index is 0.449. The number of benzene rings is 2. The Morgan fingerprint density at radius 3 is 2.53 bits per heavy atom. The normalized spacial score (nSPS) is 12.4. The zero-order valence-corrected chi connectivity index (χ0v) is 12.4. The molecule has 0 aliphatic rings. The van der Waals surface area contributed by atoms with Gasteiger partial charge in [0.2, 0.25) is 0 Å². The summed E-state index contributed by atoms with van der Waals surface area (Å²) in [5.74, 6) is 0.631. The monoisotopic (exact) mass is 292 g/mol. The first-order valence-electron chi connectivity index (χ1n) is 6.34. The molecule has 19 heavy (non-hydrogen) atoms. The molecular weight excluding hydrogens is 276 g/mol. The van der Waals surface area contributed by atoms with E-state index in [-0.39, 0.29) is 0 Å². The van der Waals surface area contributed by atoms with Crippen LogP contribution in [-0.2, 0) is 6.42 Å². The van der Waals surface area contributed by atoms with E-state index in [1.165, 1.54) is 5.56 Å². The second kappa shape index (κ2) is 6.99. The lowest BCUT2D eigenvalue weighted by atomic mass is 10.1. The van der Waals surface area contributed by atoms with Crippen LogP contribution < -0.4 is 0 Å². The van der Waals surface area contributed by atoms with Crippen molar-refractivity contribution in [3.05, 3.63) is 64.7 Å². The minimum Gasteiger partial charge on any atom is -0.388 e. The van der Waals surface area contributed by atoms with E-state index in [0.717, 1.165) is 21.9 Å². The third-order valence-corrected chi connectivity index (χ3v) is 4.28. The summed E-state index contributed by atoms with van der Waals surface area (Å²) in [4.78, 5) is 1.08. The van der Waals surface area contributed by atoms with E-state index < -0.39 is 6.10 Å².